The van der Waals surface area contributed by atoms with Gasteiger partial charge in [0.25, 0.3) is 0 Å². The first-order valence-electron chi connectivity index (χ1n) is 19.0. The molecule has 6 aromatic rings. The van der Waals surface area contributed by atoms with Gasteiger partial charge in [-0.3, -0.25) is 4.68 Å². The summed E-state index contributed by atoms with van der Waals surface area (Å²) in [5.74, 6) is 3.92. The van der Waals surface area contributed by atoms with Gasteiger partial charge in [0, 0.05) is 40.4 Å². The normalized spacial score (nSPS) is 18.1. The van der Waals surface area contributed by atoms with Crippen LogP contribution >= 0.6 is 0 Å². The van der Waals surface area contributed by atoms with Gasteiger partial charge in [0.1, 0.15) is 5.82 Å². The fraction of sp³-hybridized carbons (Fsp3) is 0.404. The number of ether oxygens (including phenoxy) is 1. The minimum Gasteiger partial charge on any atom is -0.509 e. The van der Waals surface area contributed by atoms with Crippen molar-refractivity contribution in [2.45, 2.75) is 112 Å². The summed E-state index contributed by atoms with van der Waals surface area (Å²) in [6.07, 6.45) is 5.56. The smallest absolute Gasteiger partial charge is 0.509 e. The monoisotopic (exact) mass is 885 g/mol. The summed E-state index contributed by atoms with van der Waals surface area (Å²) in [6.45, 7) is 27.2. The summed E-state index contributed by atoms with van der Waals surface area (Å²) >= 11 is 0. The zero-order valence-electron chi connectivity index (χ0n) is 33.5. The molecule has 5 nitrogen and oxygen atoms in total. The molecule has 1 unspecified atom stereocenters. The first kappa shape index (κ1) is 38.8. The van der Waals surface area contributed by atoms with Crippen LogP contribution in [0.2, 0.25) is 0 Å². The maximum Gasteiger partial charge on any atom is 2.00 e. The molecule has 3 heterocycles. The van der Waals surface area contributed by atoms with E-state index in [4.69, 9.17) is 14.8 Å². The summed E-state index contributed by atoms with van der Waals surface area (Å²) in [5.41, 5.74) is 10.4. The zero-order valence-corrected chi connectivity index (χ0v) is 35.7. The summed E-state index contributed by atoms with van der Waals surface area (Å²) < 4.78 is 11.1. The van der Waals surface area contributed by atoms with Gasteiger partial charge in [-0.1, -0.05) is 105 Å². The topological polar surface area (TPSA) is 44.9 Å². The van der Waals surface area contributed by atoms with Gasteiger partial charge in [-0.25, -0.2) is 4.98 Å². The molecular formula is C47H54N4OPt. The number of allylic oxidation sites excluding steroid dienone is 2. The Morgan fingerprint density at radius 1 is 0.830 bits per heavy atom. The molecule has 0 N–H and O–H groups in total. The van der Waals surface area contributed by atoms with Crippen LogP contribution in [-0.2, 0) is 31.9 Å². The number of benzene rings is 3. The third kappa shape index (κ3) is 7.31. The number of hydrogen-bond donors (Lipinski definition) is 0. The number of rotatable bonds is 6. The van der Waals surface area contributed by atoms with E-state index in [1.807, 2.05) is 12.3 Å². The van der Waals surface area contributed by atoms with E-state index in [9.17, 15) is 0 Å². The van der Waals surface area contributed by atoms with Crippen molar-refractivity contribution in [2.24, 2.45) is 11.8 Å². The molecule has 3 atom stereocenters. The minimum atomic E-state index is -0.123. The molecule has 0 aliphatic heterocycles. The number of pyridine rings is 1. The Bertz CT molecular complexity index is 2330. The first-order valence-corrected chi connectivity index (χ1v) is 19.0. The van der Waals surface area contributed by atoms with Crippen LogP contribution in [0.1, 0.15) is 122 Å². The Balaban J connectivity index is 0.00000481. The molecule has 7 rings (SSSR count). The van der Waals surface area contributed by atoms with Crippen LogP contribution in [0.15, 0.2) is 78.5 Å². The van der Waals surface area contributed by atoms with E-state index in [0.717, 1.165) is 44.6 Å². The standard InChI is InChI=1S/C47H54N4O.Pt/c1-28(2)45-44(43-30(4)21-29(3)22-31(43)5)32(6)49-51(45)35-23-34(47(10,11)12)24-37(26-35)52-36-17-18-39-38-15-13-14-16-40(38)50(41(39)27-36)42-25-33(19-20-48-42)46(7,8)9;/h13-21,23-25,28-29,31,43H,22H2,1-12H3;/q-2;+2/t29-,31-,43?;/m0./s1. The molecule has 0 spiro atoms. The Hall–Kier alpha value is -3.95. The second-order valence-electron chi connectivity index (χ2n) is 17.6. The van der Waals surface area contributed by atoms with E-state index in [1.54, 1.807) is 0 Å². The minimum absolute atomic E-state index is 0. The van der Waals surface area contributed by atoms with Gasteiger partial charge < -0.3 is 9.30 Å². The van der Waals surface area contributed by atoms with Gasteiger partial charge in [0.15, 0.2) is 0 Å². The molecule has 0 amide bonds. The molecule has 3 aromatic carbocycles. The summed E-state index contributed by atoms with van der Waals surface area (Å²) in [4.78, 5) is 4.85. The zero-order chi connectivity index (χ0) is 37.3. The fourth-order valence-electron chi connectivity index (χ4n) is 8.41. The van der Waals surface area contributed by atoms with Gasteiger partial charge in [0.05, 0.1) is 5.69 Å². The Kier molecular flexibility index (Phi) is 10.5. The summed E-state index contributed by atoms with van der Waals surface area (Å²) in [7, 11) is 0. The number of para-hydroxylation sites is 1. The molecule has 6 heteroatoms. The molecule has 1 aliphatic rings. The van der Waals surface area contributed by atoms with E-state index in [2.05, 4.69) is 165 Å². The van der Waals surface area contributed by atoms with Crippen LogP contribution in [0, 0.1) is 30.9 Å². The number of aromatic nitrogens is 4. The van der Waals surface area contributed by atoms with Crippen LogP contribution in [0.3, 0.4) is 0 Å². The fourth-order valence-corrected chi connectivity index (χ4v) is 8.41. The second kappa shape index (κ2) is 14.4. The average molecular weight is 886 g/mol. The molecule has 0 fully saturated rings. The molecular weight excluding hydrogens is 832 g/mol. The van der Waals surface area contributed by atoms with Crippen LogP contribution in [-0.4, -0.2) is 19.3 Å². The van der Waals surface area contributed by atoms with Crippen LogP contribution in [0.5, 0.6) is 11.5 Å². The molecule has 0 saturated heterocycles. The van der Waals surface area contributed by atoms with Crippen molar-refractivity contribution in [3.05, 3.63) is 119 Å². The van der Waals surface area contributed by atoms with E-state index in [-0.39, 0.29) is 37.8 Å². The Labute approximate surface area is 331 Å². The predicted molar refractivity (Wildman–Crippen MR) is 216 cm³/mol. The Morgan fingerprint density at radius 3 is 2.23 bits per heavy atom. The van der Waals surface area contributed by atoms with Gasteiger partial charge in [-0.2, -0.15) is 11.2 Å². The molecule has 3 aromatic heterocycles. The van der Waals surface area contributed by atoms with Crippen LogP contribution in [0.25, 0.3) is 33.3 Å². The van der Waals surface area contributed by atoms with Gasteiger partial charge in [0.2, 0.25) is 0 Å². The number of aryl methyl sites for hydroxylation is 1. The summed E-state index contributed by atoms with van der Waals surface area (Å²) in [5, 5.41) is 7.52. The molecule has 0 radical (unpaired) electrons. The molecule has 1 aliphatic carbocycles. The van der Waals surface area contributed by atoms with Crippen molar-refractivity contribution in [2.75, 3.05) is 0 Å². The largest absolute Gasteiger partial charge is 2.00 e. The average Bonchev–Trinajstić information content (AvgIpc) is 3.58. The van der Waals surface area contributed by atoms with Crippen molar-refractivity contribution >= 4 is 21.8 Å². The maximum absolute atomic E-state index is 6.75. The third-order valence-electron chi connectivity index (χ3n) is 10.9. The van der Waals surface area contributed by atoms with Gasteiger partial charge in [-0.15, -0.1) is 41.3 Å². The molecule has 0 saturated carbocycles. The first-order chi connectivity index (χ1) is 24.5. The number of fused-ring (bicyclic) bond motifs is 3. The van der Waals surface area contributed by atoms with Gasteiger partial charge >= 0.3 is 21.1 Å². The van der Waals surface area contributed by atoms with E-state index in [1.165, 1.54) is 28.8 Å². The van der Waals surface area contributed by atoms with Crippen molar-refractivity contribution in [1.82, 2.24) is 19.3 Å². The van der Waals surface area contributed by atoms with Crippen LogP contribution in [0.4, 0.5) is 0 Å². The van der Waals surface area contributed by atoms with E-state index in [0.29, 0.717) is 29.3 Å². The number of hydrogen-bond acceptors (Lipinski definition) is 3. The van der Waals surface area contributed by atoms with E-state index < -0.39 is 0 Å². The molecule has 53 heavy (non-hydrogen) atoms. The van der Waals surface area contributed by atoms with Crippen molar-refractivity contribution in [3.63, 3.8) is 0 Å². The SMILES string of the molecule is CC1=C[C@H](C)C[C@H](C)C1c1c(C)nn(-c2[c-]c(Oc3[c-]c4c(cc3)c3ccccc3n4-c3cc(C(C)(C)C)ccn3)cc(C(C)(C)C)c2)c1C(C)C.[Pt+2]. The number of nitrogens with zero attached hydrogens (tertiary/aromatic N) is 4. The Morgan fingerprint density at radius 2 is 1.55 bits per heavy atom. The van der Waals surface area contributed by atoms with Crippen molar-refractivity contribution in [1.29, 1.82) is 0 Å². The summed E-state index contributed by atoms with van der Waals surface area (Å²) in [6, 6.07) is 28.6. The predicted octanol–water partition coefficient (Wildman–Crippen LogP) is 12.5. The second-order valence-corrected chi connectivity index (χ2v) is 17.6. The third-order valence-corrected chi connectivity index (χ3v) is 10.9. The van der Waals surface area contributed by atoms with E-state index >= 15 is 0 Å². The van der Waals surface area contributed by atoms with Crippen molar-refractivity contribution in [3.8, 4) is 23.0 Å². The quantitative estimate of drug-likeness (QED) is 0.124. The maximum atomic E-state index is 6.75. The van der Waals surface area contributed by atoms with Gasteiger partial charge in [-0.05, 0) is 83.7 Å². The molecule has 0 bridgehead atoms. The van der Waals surface area contributed by atoms with Crippen molar-refractivity contribution < 1.29 is 25.8 Å². The molecule has 278 valence electrons. The van der Waals surface area contributed by atoms with Crippen LogP contribution < -0.4 is 4.74 Å².